The highest BCUT2D eigenvalue weighted by atomic mass is 19.3. The summed E-state index contributed by atoms with van der Waals surface area (Å²) >= 11 is 0. The molecule has 1 aromatic heterocycles. The number of hydrogen-bond acceptors (Lipinski definition) is 2. The minimum atomic E-state index is -2.43. The molecule has 104 valence electrons. The predicted molar refractivity (Wildman–Crippen MR) is 68.9 cm³/mol. The van der Waals surface area contributed by atoms with E-state index in [0.717, 1.165) is 12.1 Å². The number of rotatable bonds is 5. The molecule has 0 aromatic carbocycles. The van der Waals surface area contributed by atoms with E-state index in [-0.39, 0.29) is 5.41 Å². The average molecular weight is 259 g/mol. The van der Waals surface area contributed by atoms with Gasteiger partial charge in [0.1, 0.15) is 0 Å². The molecule has 5 heteroatoms. The topological polar surface area (TPSA) is 29.9 Å². The van der Waals surface area contributed by atoms with Crippen molar-refractivity contribution in [1.82, 2.24) is 15.1 Å². The van der Waals surface area contributed by atoms with Gasteiger partial charge in [0.15, 0.2) is 0 Å². The molecule has 3 nitrogen and oxygen atoms in total. The molecule has 0 bridgehead atoms. The van der Waals surface area contributed by atoms with E-state index in [9.17, 15) is 8.78 Å². The summed E-state index contributed by atoms with van der Waals surface area (Å²) in [5.74, 6) is 0. The fraction of sp³-hybridized carbons (Fsp3) is 0.769. The van der Waals surface area contributed by atoms with Crippen molar-refractivity contribution in [3.63, 3.8) is 0 Å². The lowest BCUT2D eigenvalue weighted by Gasteiger charge is -2.23. The molecule has 1 rings (SSSR count). The summed E-state index contributed by atoms with van der Waals surface area (Å²) in [6.45, 7) is 8.50. The van der Waals surface area contributed by atoms with E-state index in [4.69, 9.17) is 0 Å². The van der Waals surface area contributed by atoms with Gasteiger partial charge in [0.2, 0.25) is 0 Å². The van der Waals surface area contributed by atoms with Crippen LogP contribution >= 0.6 is 0 Å². The van der Waals surface area contributed by atoms with Gasteiger partial charge in [0.05, 0.1) is 11.7 Å². The maximum Gasteiger partial charge on any atom is 0.257 e. The van der Waals surface area contributed by atoms with Gasteiger partial charge in [-0.1, -0.05) is 27.7 Å². The van der Waals surface area contributed by atoms with Crippen molar-refractivity contribution in [3.8, 4) is 0 Å². The first-order chi connectivity index (χ1) is 8.27. The molecule has 1 atom stereocenters. The lowest BCUT2D eigenvalue weighted by Crippen LogP contribution is -2.30. The van der Waals surface area contributed by atoms with Gasteiger partial charge in [-0.15, -0.1) is 0 Å². The lowest BCUT2D eigenvalue weighted by molar-refractivity contribution is 0.0977. The average Bonchev–Trinajstić information content (AvgIpc) is 2.60. The zero-order chi connectivity index (χ0) is 13.9. The van der Waals surface area contributed by atoms with E-state index in [2.05, 4.69) is 10.4 Å². The minimum Gasteiger partial charge on any atom is -0.305 e. The van der Waals surface area contributed by atoms with Gasteiger partial charge in [-0.05, 0) is 13.0 Å². The molecule has 1 heterocycles. The number of aromatic nitrogens is 2. The molecule has 0 spiro atoms. The SMILES string of the molecule is CCCNC(c1cn(C)nc1C(C)(C)C)C(F)F. The second-order valence-corrected chi connectivity index (χ2v) is 5.62. The van der Waals surface area contributed by atoms with Crippen LogP contribution in [0, 0.1) is 0 Å². The van der Waals surface area contributed by atoms with E-state index < -0.39 is 12.5 Å². The van der Waals surface area contributed by atoms with Gasteiger partial charge < -0.3 is 5.32 Å². The number of aryl methyl sites for hydroxylation is 1. The fourth-order valence-electron chi connectivity index (χ4n) is 1.95. The Morgan fingerprint density at radius 1 is 1.39 bits per heavy atom. The summed E-state index contributed by atoms with van der Waals surface area (Å²) < 4.78 is 28.0. The summed E-state index contributed by atoms with van der Waals surface area (Å²) in [5, 5.41) is 7.24. The van der Waals surface area contributed by atoms with Crippen molar-refractivity contribution in [2.24, 2.45) is 7.05 Å². The summed E-state index contributed by atoms with van der Waals surface area (Å²) in [6.07, 6.45) is 0.0934. The molecule has 0 radical (unpaired) electrons. The van der Waals surface area contributed by atoms with E-state index in [1.807, 2.05) is 27.7 Å². The van der Waals surface area contributed by atoms with Gasteiger partial charge in [0, 0.05) is 24.2 Å². The highest BCUT2D eigenvalue weighted by Crippen LogP contribution is 2.31. The second-order valence-electron chi connectivity index (χ2n) is 5.62. The standard InChI is InChI=1S/C13H23F2N3/c1-6-7-16-10(12(14)15)9-8-18(5)17-11(9)13(2,3)4/h8,10,12,16H,6-7H2,1-5H3. The molecule has 0 saturated carbocycles. The zero-order valence-electron chi connectivity index (χ0n) is 11.8. The normalized spacial score (nSPS) is 14.2. The molecular weight excluding hydrogens is 236 g/mol. The van der Waals surface area contributed by atoms with Gasteiger partial charge in [0.25, 0.3) is 6.43 Å². The molecule has 0 fully saturated rings. The number of nitrogens with one attached hydrogen (secondary N) is 1. The van der Waals surface area contributed by atoms with Gasteiger partial charge in [-0.2, -0.15) is 5.10 Å². The third-order valence-corrected chi connectivity index (χ3v) is 2.77. The summed E-state index contributed by atoms with van der Waals surface area (Å²) in [7, 11) is 1.76. The molecule has 18 heavy (non-hydrogen) atoms. The van der Waals surface area contributed by atoms with Gasteiger partial charge in [-0.3, -0.25) is 4.68 Å². The van der Waals surface area contributed by atoms with Crippen LogP contribution in [0.5, 0.6) is 0 Å². The van der Waals surface area contributed by atoms with Crippen LogP contribution in [0.2, 0.25) is 0 Å². The maximum absolute atomic E-state index is 13.2. The number of nitrogens with zero attached hydrogens (tertiary/aromatic N) is 2. The molecule has 1 aromatic rings. The summed E-state index contributed by atoms with van der Waals surface area (Å²) in [6, 6.07) is -0.937. The first kappa shape index (κ1) is 15.1. The van der Waals surface area contributed by atoms with Crippen LogP contribution in [-0.4, -0.2) is 22.8 Å². The Hall–Kier alpha value is -0.970. The van der Waals surface area contributed by atoms with Crippen LogP contribution in [0.4, 0.5) is 8.78 Å². The molecular formula is C13H23F2N3. The van der Waals surface area contributed by atoms with Gasteiger partial charge >= 0.3 is 0 Å². The summed E-state index contributed by atoms with van der Waals surface area (Å²) in [4.78, 5) is 0. The first-order valence-electron chi connectivity index (χ1n) is 6.33. The van der Waals surface area contributed by atoms with Crippen LogP contribution in [-0.2, 0) is 12.5 Å². The number of hydrogen-bond donors (Lipinski definition) is 1. The molecule has 0 amide bonds. The van der Waals surface area contributed by atoms with Crippen molar-refractivity contribution in [2.45, 2.75) is 52.0 Å². The monoisotopic (exact) mass is 259 g/mol. The van der Waals surface area contributed by atoms with Crippen molar-refractivity contribution < 1.29 is 8.78 Å². The third kappa shape index (κ3) is 3.51. The largest absolute Gasteiger partial charge is 0.305 e. The molecule has 1 unspecified atom stereocenters. The van der Waals surface area contributed by atoms with Crippen LogP contribution < -0.4 is 5.32 Å². The highest BCUT2D eigenvalue weighted by Gasteiger charge is 2.31. The number of halogens is 2. The van der Waals surface area contributed by atoms with Crippen molar-refractivity contribution in [1.29, 1.82) is 0 Å². The Kier molecular flexibility index (Phi) is 4.85. The zero-order valence-corrected chi connectivity index (χ0v) is 11.8. The van der Waals surface area contributed by atoms with Crippen molar-refractivity contribution in [2.75, 3.05) is 6.54 Å². The Morgan fingerprint density at radius 2 is 2.00 bits per heavy atom. The Balaban J connectivity index is 3.11. The smallest absolute Gasteiger partial charge is 0.257 e. The van der Waals surface area contributed by atoms with E-state index >= 15 is 0 Å². The highest BCUT2D eigenvalue weighted by molar-refractivity contribution is 5.28. The number of alkyl halides is 2. The summed E-state index contributed by atoms with van der Waals surface area (Å²) in [5.41, 5.74) is 1.10. The third-order valence-electron chi connectivity index (χ3n) is 2.77. The Morgan fingerprint density at radius 3 is 2.44 bits per heavy atom. The molecule has 1 N–H and O–H groups in total. The minimum absolute atomic E-state index is 0.238. The molecule has 0 aliphatic heterocycles. The van der Waals surface area contributed by atoms with E-state index in [0.29, 0.717) is 12.1 Å². The fourth-order valence-corrected chi connectivity index (χ4v) is 1.95. The van der Waals surface area contributed by atoms with Crippen LogP contribution in [0.25, 0.3) is 0 Å². The Bertz CT molecular complexity index is 380. The molecule has 0 aliphatic rings. The van der Waals surface area contributed by atoms with Crippen LogP contribution in [0.15, 0.2) is 6.20 Å². The predicted octanol–water partition coefficient (Wildman–Crippen LogP) is 3.02. The van der Waals surface area contributed by atoms with E-state index in [1.54, 1.807) is 17.9 Å². The second kappa shape index (κ2) is 5.78. The van der Waals surface area contributed by atoms with E-state index in [1.165, 1.54) is 0 Å². The molecule has 0 saturated heterocycles. The first-order valence-corrected chi connectivity index (χ1v) is 6.33. The lowest BCUT2D eigenvalue weighted by atomic mass is 9.87. The quantitative estimate of drug-likeness (QED) is 0.881. The molecule has 0 aliphatic carbocycles. The van der Waals surface area contributed by atoms with Crippen LogP contribution in [0.3, 0.4) is 0 Å². The maximum atomic E-state index is 13.2. The Labute approximate surface area is 108 Å². The van der Waals surface area contributed by atoms with Gasteiger partial charge in [-0.25, -0.2) is 8.78 Å². The van der Waals surface area contributed by atoms with Crippen LogP contribution in [0.1, 0.15) is 51.4 Å². The van der Waals surface area contributed by atoms with Crippen molar-refractivity contribution >= 4 is 0 Å². The van der Waals surface area contributed by atoms with Crippen molar-refractivity contribution in [3.05, 3.63) is 17.5 Å².